The number of sulfone groups is 1. The van der Waals surface area contributed by atoms with Crippen LogP contribution in [0.5, 0.6) is 0 Å². The minimum atomic E-state index is -4.52. The van der Waals surface area contributed by atoms with Gasteiger partial charge in [0.2, 0.25) is 0 Å². The molecule has 2 unspecified atom stereocenters. The summed E-state index contributed by atoms with van der Waals surface area (Å²) in [6, 6.07) is 7.80. The number of benzene rings is 2. The van der Waals surface area contributed by atoms with Gasteiger partial charge in [-0.15, -0.1) is 0 Å². The molecule has 29 heavy (non-hydrogen) atoms. The Bertz CT molecular complexity index is 1050. The lowest BCUT2D eigenvalue weighted by atomic mass is 10.1. The van der Waals surface area contributed by atoms with Gasteiger partial charge >= 0.3 is 12.2 Å². The fraction of sp³-hybridized carbons (Fsp3) is 0.316. The van der Waals surface area contributed by atoms with Gasteiger partial charge < -0.3 is 4.90 Å². The third kappa shape index (κ3) is 3.68. The molecule has 154 valence electrons. The van der Waals surface area contributed by atoms with E-state index in [9.17, 15) is 30.8 Å². The van der Waals surface area contributed by atoms with Crippen LogP contribution in [0.2, 0.25) is 0 Å². The number of fused-ring (bicyclic) bond motifs is 1. The summed E-state index contributed by atoms with van der Waals surface area (Å²) in [5, 5.41) is 0. The third-order valence-electron chi connectivity index (χ3n) is 5.19. The summed E-state index contributed by atoms with van der Waals surface area (Å²) >= 11 is 0. The SMILES string of the molecule is O=C1N(Cc2cccc(C(F)(F)F)c2)C2CS(=O)(=O)CC2N1c1ccc(F)cc1. The average molecular weight is 428 g/mol. The second kappa shape index (κ2) is 6.72. The summed E-state index contributed by atoms with van der Waals surface area (Å²) in [6.45, 7) is -0.156. The monoisotopic (exact) mass is 428 g/mol. The van der Waals surface area contributed by atoms with Crippen molar-refractivity contribution in [1.82, 2.24) is 4.90 Å². The zero-order valence-corrected chi connectivity index (χ0v) is 15.8. The van der Waals surface area contributed by atoms with Crippen LogP contribution in [0.4, 0.5) is 28.0 Å². The highest BCUT2D eigenvalue weighted by Crippen LogP contribution is 2.36. The van der Waals surface area contributed by atoms with Crippen LogP contribution in [0, 0.1) is 5.82 Å². The Kier molecular flexibility index (Phi) is 4.56. The number of hydrogen-bond acceptors (Lipinski definition) is 3. The summed E-state index contributed by atoms with van der Waals surface area (Å²) in [4.78, 5) is 15.6. The van der Waals surface area contributed by atoms with Crippen LogP contribution in [0.1, 0.15) is 11.1 Å². The first-order chi connectivity index (χ1) is 13.5. The number of nitrogens with zero attached hydrogens (tertiary/aromatic N) is 2. The van der Waals surface area contributed by atoms with E-state index in [1.165, 1.54) is 34.1 Å². The van der Waals surface area contributed by atoms with Gasteiger partial charge in [0, 0.05) is 12.2 Å². The molecule has 2 fully saturated rings. The zero-order valence-electron chi connectivity index (χ0n) is 14.9. The zero-order chi connectivity index (χ0) is 21.0. The van der Waals surface area contributed by atoms with Gasteiger partial charge in [-0.05, 0) is 42.0 Å². The summed E-state index contributed by atoms with van der Waals surface area (Å²) < 4.78 is 76.6. The van der Waals surface area contributed by atoms with E-state index in [0.29, 0.717) is 5.69 Å². The van der Waals surface area contributed by atoms with Gasteiger partial charge in [-0.3, -0.25) is 4.90 Å². The quantitative estimate of drug-likeness (QED) is 0.556. The number of anilines is 1. The smallest absolute Gasteiger partial charge is 0.314 e. The van der Waals surface area contributed by atoms with Crippen molar-refractivity contribution in [3.05, 3.63) is 65.5 Å². The Hall–Kier alpha value is -2.62. The molecule has 0 aliphatic carbocycles. The molecular weight excluding hydrogens is 412 g/mol. The second-order valence-corrected chi connectivity index (χ2v) is 9.32. The van der Waals surface area contributed by atoms with Crippen molar-refractivity contribution in [2.75, 3.05) is 16.4 Å². The van der Waals surface area contributed by atoms with Crippen molar-refractivity contribution in [3.63, 3.8) is 0 Å². The van der Waals surface area contributed by atoms with Crippen molar-refractivity contribution in [3.8, 4) is 0 Å². The molecular formula is C19H16F4N2O3S. The number of urea groups is 1. The Labute approximate surface area is 164 Å². The first-order valence-corrected chi connectivity index (χ1v) is 10.6. The van der Waals surface area contributed by atoms with Crippen LogP contribution in [0.25, 0.3) is 0 Å². The molecule has 4 rings (SSSR count). The molecule has 2 amide bonds. The number of carbonyl (C=O) groups excluding carboxylic acids is 1. The standard InChI is InChI=1S/C19H16F4N2O3S/c20-14-4-6-15(7-5-14)25-17-11-29(27,28)10-16(17)24(18(25)26)9-12-2-1-3-13(8-12)19(21,22)23/h1-8,16-17H,9-11H2. The molecule has 2 atom stereocenters. The molecule has 5 nitrogen and oxygen atoms in total. The van der Waals surface area contributed by atoms with Crippen LogP contribution in [-0.2, 0) is 22.6 Å². The van der Waals surface area contributed by atoms with Crippen molar-refractivity contribution < 1.29 is 30.8 Å². The molecule has 2 saturated heterocycles. The van der Waals surface area contributed by atoms with Gasteiger partial charge in [0.1, 0.15) is 5.82 Å². The maximum absolute atomic E-state index is 13.3. The van der Waals surface area contributed by atoms with E-state index in [0.717, 1.165) is 24.3 Å². The molecule has 0 spiro atoms. The lowest BCUT2D eigenvalue weighted by Crippen LogP contribution is -2.37. The summed E-state index contributed by atoms with van der Waals surface area (Å²) in [5.41, 5.74) is -0.250. The lowest BCUT2D eigenvalue weighted by Gasteiger charge is -2.23. The first kappa shape index (κ1) is 19.7. The van der Waals surface area contributed by atoms with Crippen LogP contribution >= 0.6 is 0 Å². The summed E-state index contributed by atoms with van der Waals surface area (Å²) in [6.07, 6.45) is -4.52. The maximum Gasteiger partial charge on any atom is 0.416 e. The van der Waals surface area contributed by atoms with Crippen LogP contribution < -0.4 is 4.90 Å². The predicted molar refractivity (Wildman–Crippen MR) is 97.5 cm³/mol. The molecule has 2 aliphatic heterocycles. The van der Waals surface area contributed by atoms with E-state index in [1.807, 2.05) is 0 Å². The van der Waals surface area contributed by atoms with Crippen molar-refractivity contribution in [2.45, 2.75) is 24.8 Å². The average Bonchev–Trinajstić information content (AvgIpc) is 3.06. The Morgan fingerprint density at radius 3 is 2.31 bits per heavy atom. The molecule has 10 heteroatoms. The molecule has 0 radical (unpaired) electrons. The van der Waals surface area contributed by atoms with Crippen LogP contribution in [0.15, 0.2) is 48.5 Å². The molecule has 2 aromatic rings. The fourth-order valence-electron chi connectivity index (χ4n) is 3.91. The van der Waals surface area contributed by atoms with E-state index in [4.69, 9.17) is 0 Å². The number of hydrogen-bond donors (Lipinski definition) is 0. The molecule has 0 bridgehead atoms. The van der Waals surface area contributed by atoms with Crippen molar-refractivity contribution in [2.24, 2.45) is 0 Å². The summed E-state index contributed by atoms with van der Waals surface area (Å²) in [5.74, 6) is -1.02. The maximum atomic E-state index is 13.3. The Morgan fingerprint density at radius 2 is 1.66 bits per heavy atom. The highest BCUT2D eigenvalue weighted by atomic mass is 32.2. The minimum Gasteiger partial charge on any atom is -0.314 e. The van der Waals surface area contributed by atoms with E-state index < -0.39 is 45.5 Å². The molecule has 2 aromatic carbocycles. The van der Waals surface area contributed by atoms with Gasteiger partial charge in [-0.25, -0.2) is 17.6 Å². The van der Waals surface area contributed by atoms with E-state index in [2.05, 4.69) is 0 Å². The topological polar surface area (TPSA) is 57.7 Å². The number of halogens is 4. The number of carbonyl (C=O) groups is 1. The number of alkyl halides is 3. The molecule has 0 aromatic heterocycles. The summed E-state index contributed by atoms with van der Waals surface area (Å²) in [7, 11) is -3.42. The van der Waals surface area contributed by atoms with Crippen LogP contribution in [0.3, 0.4) is 0 Å². The number of amides is 2. The highest BCUT2D eigenvalue weighted by Gasteiger charge is 2.53. The predicted octanol–water partition coefficient (Wildman–Crippen LogP) is 3.45. The largest absolute Gasteiger partial charge is 0.416 e. The van der Waals surface area contributed by atoms with Gasteiger partial charge in [0.15, 0.2) is 9.84 Å². The van der Waals surface area contributed by atoms with Crippen molar-refractivity contribution >= 4 is 21.6 Å². The molecule has 2 aliphatic rings. The Morgan fingerprint density at radius 1 is 1.00 bits per heavy atom. The van der Waals surface area contributed by atoms with Crippen LogP contribution in [-0.4, -0.2) is 42.9 Å². The van der Waals surface area contributed by atoms with Gasteiger partial charge in [-0.1, -0.05) is 12.1 Å². The van der Waals surface area contributed by atoms with Gasteiger partial charge in [0.25, 0.3) is 0 Å². The molecule has 0 saturated carbocycles. The van der Waals surface area contributed by atoms with E-state index in [-0.39, 0.29) is 23.6 Å². The normalized spacial score (nSPS) is 23.5. The second-order valence-electron chi connectivity index (χ2n) is 7.17. The third-order valence-corrected chi connectivity index (χ3v) is 6.89. The highest BCUT2D eigenvalue weighted by molar-refractivity contribution is 7.91. The number of rotatable bonds is 3. The molecule has 0 N–H and O–H groups in total. The van der Waals surface area contributed by atoms with Crippen molar-refractivity contribution in [1.29, 1.82) is 0 Å². The first-order valence-electron chi connectivity index (χ1n) is 8.77. The van der Waals surface area contributed by atoms with Gasteiger partial charge in [0.05, 0.1) is 29.2 Å². The lowest BCUT2D eigenvalue weighted by molar-refractivity contribution is -0.137. The molecule has 2 heterocycles. The van der Waals surface area contributed by atoms with E-state index in [1.54, 1.807) is 0 Å². The Balaban J connectivity index is 1.68. The van der Waals surface area contributed by atoms with E-state index >= 15 is 0 Å². The minimum absolute atomic E-state index is 0.156. The fourth-order valence-corrected chi connectivity index (χ4v) is 5.86. The van der Waals surface area contributed by atoms with Gasteiger partial charge in [-0.2, -0.15) is 13.2 Å².